The van der Waals surface area contributed by atoms with E-state index >= 15 is 0 Å². The third kappa shape index (κ3) is 1.85. The first-order valence-electron chi connectivity index (χ1n) is 4.43. The lowest BCUT2D eigenvalue weighted by Crippen LogP contribution is -1.84. The number of aromatic nitrogens is 1. The van der Waals surface area contributed by atoms with E-state index in [1.165, 1.54) is 9.75 Å². The number of hydrogen-bond acceptors (Lipinski definition) is 3. The van der Waals surface area contributed by atoms with Crippen molar-refractivity contribution in [2.45, 2.75) is 19.2 Å². The Morgan fingerprint density at radius 2 is 2.36 bits per heavy atom. The fraction of sp³-hybridized carbons (Fsp3) is 0.300. The number of rotatable bonds is 3. The van der Waals surface area contributed by atoms with E-state index < -0.39 is 0 Å². The van der Waals surface area contributed by atoms with Crippen molar-refractivity contribution >= 4 is 34.3 Å². The summed E-state index contributed by atoms with van der Waals surface area (Å²) >= 11 is 9.29. The molecule has 0 aliphatic carbocycles. The van der Waals surface area contributed by atoms with Gasteiger partial charge in [0.05, 0.1) is 16.5 Å². The average molecular weight is 244 g/mol. The molecule has 0 unspecified atom stereocenters. The molecule has 14 heavy (non-hydrogen) atoms. The molecular weight excluding hydrogens is 234 g/mol. The van der Waals surface area contributed by atoms with Gasteiger partial charge in [-0.1, -0.05) is 13.0 Å². The van der Waals surface area contributed by atoms with Gasteiger partial charge in [-0.2, -0.15) is 0 Å². The molecule has 0 fully saturated rings. The number of aryl methyl sites for hydroxylation is 1. The van der Waals surface area contributed by atoms with E-state index in [0.717, 1.165) is 17.1 Å². The quantitative estimate of drug-likeness (QED) is 0.738. The van der Waals surface area contributed by atoms with Crippen LogP contribution in [0.3, 0.4) is 0 Å². The molecule has 0 aliphatic rings. The Bertz CT molecular complexity index is 384. The smallest absolute Gasteiger partial charge is 0.133 e. The fourth-order valence-corrected chi connectivity index (χ4v) is 3.38. The Morgan fingerprint density at radius 3 is 2.86 bits per heavy atom. The summed E-state index contributed by atoms with van der Waals surface area (Å²) in [6.45, 7) is 2.11. The predicted molar refractivity (Wildman–Crippen MR) is 64.4 cm³/mol. The first-order chi connectivity index (χ1) is 6.85. The number of thiazole rings is 1. The maximum absolute atomic E-state index is 5.86. The van der Waals surface area contributed by atoms with Gasteiger partial charge in [0, 0.05) is 4.88 Å². The van der Waals surface area contributed by atoms with Gasteiger partial charge in [0.2, 0.25) is 0 Å². The van der Waals surface area contributed by atoms with Gasteiger partial charge in [0.25, 0.3) is 0 Å². The summed E-state index contributed by atoms with van der Waals surface area (Å²) < 4.78 is 0. The minimum absolute atomic E-state index is 0.576. The van der Waals surface area contributed by atoms with Gasteiger partial charge in [-0.3, -0.25) is 0 Å². The monoisotopic (exact) mass is 243 g/mol. The molecule has 2 rings (SSSR count). The van der Waals surface area contributed by atoms with Crippen LogP contribution in [-0.4, -0.2) is 4.98 Å². The minimum atomic E-state index is 0.576. The largest absolute Gasteiger partial charge is 0.240 e. The lowest BCUT2D eigenvalue weighted by Gasteiger charge is -1.89. The van der Waals surface area contributed by atoms with Gasteiger partial charge in [-0.25, -0.2) is 4.98 Å². The molecule has 0 radical (unpaired) electrons. The van der Waals surface area contributed by atoms with Crippen LogP contribution in [0.5, 0.6) is 0 Å². The summed E-state index contributed by atoms with van der Waals surface area (Å²) in [4.78, 5) is 7.03. The molecule has 0 saturated carbocycles. The zero-order chi connectivity index (χ0) is 9.97. The molecule has 0 saturated heterocycles. The van der Waals surface area contributed by atoms with Crippen LogP contribution in [-0.2, 0) is 12.3 Å². The zero-order valence-corrected chi connectivity index (χ0v) is 10.2. The van der Waals surface area contributed by atoms with Crippen molar-refractivity contribution in [3.05, 3.63) is 28.1 Å². The van der Waals surface area contributed by atoms with E-state index in [0.29, 0.717) is 5.88 Å². The molecule has 2 heterocycles. The highest BCUT2D eigenvalue weighted by molar-refractivity contribution is 7.21. The van der Waals surface area contributed by atoms with Crippen LogP contribution in [0.1, 0.15) is 17.5 Å². The highest BCUT2D eigenvalue weighted by Gasteiger charge is 2.10. The lowest BCUT2D eigenvalue weighted by atomic mass is 10.3. The van der Waals surface area contributed by atoms with Gasteiger partial charge in [0.1, 0.15) is 5.01 Å². The van der Waals surface area contributed by atoms with Crippen molar-refractivity contribution < 1.29 is 0 Å². The lowest BCUT2D eigenvalue weighted by molar-refractivity contribution is 1.04. The molecule has 2 aromatic rings. The highest BCUT2D eigenvalue weighted by Crippen LogP contribution is 2.32. The SMILES string of the molecule is CCc1nc(-c2cccs2)sc1CCl. The van der Waals surface area contributed by atoms with E-state index in [2.05, 4.69) is 23.4 Å². The number of alkyl halides is 1. The molecule has 4 heteroatoms. The molecule has 0 aliphatic heterocycles. The minimum Gasteiger partial charge on any atom is -0.240 e. The van der Waals surface area contributed by atoms with Crippen molar-refractivity contribution in [3.8, 4) is 9.88 Å². The number of hydrogen-bond donors (Lipinski definition) is 0. The second kappa shape index (κ2) is 4.43. The van der Waals surface area contributed by atoms with E-state index in [9.17, 15) is 0 Å². The van der Waals surface area contributed by atoms with Gasteiger partial charge < -0.3 is 0 Å². The zero-order valence-electron chi connectivity index (χ0n) is 7.79. The third-order valence-electron chi connectivity index (χ3n) is 1.97. The van der Waals surface area contributed by atoms with Crippen molar-refractivity contribution in [3.63, 3.8) is 0 Å². The molecule has 0 bridgehead atoms. The van der Waals surface area contributed by atoms with Gasteiger partial charge >= 0.3 is 0 Å². The summed E-state index contributed by atoms with van der Waals surface area (Å²) in [6.07, 6.45) is 0.962. The van der Waals surface area contributed by atoms with Crippen LogP contribution in [0, 0.1) is 0 Å². The van der Waals surface area contributed by atoms with Gasteiger partial charge in [0.15, 0.2) is 0 Å². The van der Waals surface area contributed by atoms with Crippen LogP contribution in [0.25, 0.3) is 9.88 Å². The fourth-order valence-electron chi connectivity index (χ4n) is 1.27. The molecule has 0 amide bonds. The summed E-state index contributed by atoms with van der Waals surface area (Å²) in [7, 11) is 0. The topological polar surface area (TPSA) is 12.9 Å². The normalized spacial score (nSPS) is 10.7. The highest BCUT2D eigenvalue weighted by atomic mass is 35.5. The Hall–Kier alpha value is -0.380. The van der Waals surface area contributed by atoms with Crippen molar-refractivity contribution in [1.29, 1.82) is 0 Å². The summed E-state index contributed by atoms with van der Waals surface area (Å²) in [5.41, 5.74) is 1.15. The second-order valence-electron chi connectivity index (χ2n) is 2.85. The van der Waals surface area contributed by atoms with E-state index in [1.54, 1.807) is 22.7 Å². The molecule has 0 N–H and O–H groups in total. The van der Waals surface area contributed by atoms with Crippen molar-refractivity contribution in [2.24, 2.45) is 0 Å². The number of halogens is 1. The molecular formula is C10H10ClNS2. The van der Waals surface area contributed by atoms with E-state index in [1.807, 2.05) is 6.07 Å². The van der Waals surface area contributed by atoms with Crippen LogP contribution in [0.4, 0.5) is 0 Å². The number of thiophene rings is 1. The van der Waals surface area contributed by atoms with Crippen LogP contribution < -0.4 is 0 Å². The third-order valence-corrected chi connectivity index (χ3v) is 4.53. The average Bonchev–Trinajstić information content (AvgIpc) is 2.85. The Morgan fingerprint density at radius 1 is 1.50 bits per heavy atom. The van der Waals surface area contributed by atoms with Crippen molar-refractivity contribution in [2.75, 3.05) is 0 Å². The summed E-state index contributed by atoms with van der Waals surface area (Å²) in [6, 6.07) is 4.15. The Labute approximate surface area is 96.4 Å². The first-order valence-corrected chi connectivity index (χ1v) is 6.66. The molecule has 1 nitrogen and oxygen atoms in total. The summed E-state index contributed by atoms with van der Waals surface area (Å²) in [5.74, 6) is 0.576. The predicted octanol–water partition coefficient (Wildman–Crippen LogP) is 4.17. The maximum Gasteiger partial charge on any atom is 0.133 e. The van der Waals surface area contributed by atoms with Crippen LogP contribution >= 0.6 is 34.3 Å². The van der Waals surface area contributed by atoms with Gasteiger partial charge in [-0.15, -0.1) is 34.3 Å². The molecule has 0 spiro atoms. The molecule has 0 aromatic carbocycles. The standard InChI is InChI=1S/C10H10ClNS2/c1-2-7-9(6-11)14-10(12-7)8-4-3-5-13-8/h3-5H,2,6H2,1H3. The molecule has 0 atom stereocenters. The Balaban J connectivity index is 2.41. The first kappa shape index (κ1) is 10.1. The molecule has 2 aromatic heterocycles. The van der Waals surface area contributed by atoms with Crippen molar-refractivity contribution in [1.82, 2.24) is 4.98 Å². The van der Waals surface area contributed by atoms with Crippen LogP contribution in [0.2, 0.25) is 0 Å². The second-order valence-corrected chi connectivity index (χ2v) is 5.15. The Kier molecular flexibility index (Phi) is 3.21. The maximum atomic E-state index is 5.86. The van der Waals surface area contributed by atoms with E-state index in [-0.39, 0.29) is 0 Å². The molecule has 74 valence electrons. The van der Waals surface area contributed by atoms with E-state index in [4.69, 9.17) is 11.6 Å². The van der Waals surface area contributed by atoms with Gasteiger partial charge in [-0.05, 0) is 17.9 Å². The van der Waals surface area contributed by atoms with Crippen LogP contribution in [0.15, 0.2) is 17.5 Å². The number of nitrogens with zero attached hydrogens (tertiary/aromatic N) is 1. The summed E-state index contributed by atoms with van der Waals surface area (Å²) in [5, 5.41) is 3.18.